The Labute approximate surface area is 125 Å². The lowest BCUT2D eigenvalue weighted by Gasteiger charge is -2.27. The highest BCUT2D eigenvalue weighted by molar-refractivity contribution is 5.84. The molecule has 0 unspecified atom stereocenters. The number of carbonyl (C=O) groups is 1. The number of aromatic nitrogens is 3. The summed E-state index contributed by atoms with van der Waals surface area (Å²) in [5.74, 6) is 1.40. The van der Waals surface area contributed by atoms with Gasteiger partial charge in [0.05, 0.1) is 24.2 Å². The van der Waals surface area contributed by atoms with E-state index in [1.54, 1.807) is 30.7 Å². The Morgan fingerprint density at radius 3 is 3.00 bits per heavy atom. The molecule has 3 aromatic heterocycles. The number of nitrogens with zero attached hydrogens (tertiary/aromatic N) is 4. The molecule has 22 heavy (non-hydrogen) atoms. The minimum absolute atomic E-state index is 0.332. The maximum absolute atomic E-state index is 11.4. The Morgan fingerprint density at radius 2 is 2.32 bits per heavy atom. The van der Waals surface area contributed by atoms with Crippen molar-refractivity contribution in [2.75, 3.05) is 18.0 Å². The van der Waals surface area contributed by atoms with E-state index in [1.165, 1.54) is 4.90 Å². The highest BCUT2D eigenvalue weighted by Gasteiger charge is 2.22. The number of amides is 1. The summed E-state index contributed by atoms with van der Waals surface area (Å²) >= 11 is 0. The third-order valence-electron chi connectivity index (χ3n) is 3.61. The third-order valence-corrected chi connectivity index (χ3v) is 3.61. The van der Waals surface area contributed by atoms with E-state index in [9.17, 15) is 4.79 Å². The van der Waals surface area contributed by atoms with Gasteiger partial charge < -0.3 is 14.3 Å². The van der Waals surface area contributed by atoms with E-state index in [1.807, 2.05) is 10.9 Å². The van der Waals surface area contributed by atoms with Crippen molar-refractivity contribution in [3.05, 3.63) is 36.9 Å². The molecule has 4 heterocycles. The molecule has 8 nitrogen and oxygen atoms in total. The van der Waals surface area contributed by atoms with E-state index >= 15 is 0 Å². The summed E-state index contributed by atoms with van der Waals surface area (Å²) in [7, 11) is 0. The number of hydrogen-bond acceptors (Lipinski definition) is 6. The van der Waals surface area contributed by atoms with Gasteiger partial charge in [-0.1, -0.05) is 5.16 Å². The number of nitrogens with one attached hydrogen (secondary N) is 1. The third kappa shape index (κ3) is 2.09. The van der Waals surface area contributed by atoms with Crippen LogP contribution in [0.4, 0.5) is 11.5 Å². The van der Waals surface area contributed by atoms with Crippen LogP contribution in [-0.4, -0.2) is 34.4 Å². The van der Waals surface area contributed by atoms with Crippen LogP contribution >= 0.6 is 0 Å². The van der Waals surface area contributed by atoms with Crippen molar-refractivity contribution in [2.24, 2.45) is 0 Å². The van der Waals surface area contributed by atoms with Crippen LogP contribution in [0.25, 0.3) is 11.5 Å². The van der Waals surface area contributed by atoms with Crippen LogP contribution in [-0.2, 0) is 4.79 Å². The second kappa shape index (κ2) is 5.15. The Balaban J connectivity index is 1.61. The van der Waals surface area contributed by atoms with Gasteiger partial charge in [-0.15, -0.1) is 0 Å². The Hall–Kier alpha value is -2.87. The first-order valence-corrected chi connectivity index (χ1v) is 6.85. The molecule has 8 heteroatoms. The molecule has 0 aromatic carbocycles. The molecule has 1 aliphatic rings. The molecule has 0 radical (unpaired) electrons. The fraction of sp³-hybridized carbons (Fsp3) is 0.214. The summed E-state index contributed by atoms with van der Waals surface area (Å²) in [6.07, 6.45) is 5.69. The van der Waals surface area contributed by atoms with Gasteiger partial charge in [-0.3, -0.25) is 14.4 Å². The van der Waals surface area contributed by atoms with E-state index in [4.69, 9.17) is 8.94 Å². The van der Waals surface area contributed by atoms with Crippen molar-refractivity contribution >= 4 is 17.9 Å². The lowest BCUT2D eigenvalue weighted by atomic mass is 10.2. The molecule has 0 aliphatic carbocycles. The Kier molecular flexibility index (Phi) is 3.01. The second-order valence-corrected chi connectivity index (χ2v) is 4.99. The van der Waals surface area contributed by atoms with Crippen molar-refractivity contribution in [1.82, 2.24) is 20.3 Å². The fourth-order valence-corrected chi connectivity index (χ4v) is 2.27. The molecule has 1 amide bonds. The molecule has 0 atom stereocenters. The minimum atomic E-state index is 0.332. The van der Waals surface area contributed by atoms with Gasteiger partial charge in [0, 0.05) is 25.4 Å². The van der Waals surface area contributed by atoms with Crippen LogP contribution in [0, 0.1) is 0 Å². The van der Waals surface area contributed by atoms with Gasteiger partial charge in [0.25, 0.3) is 0 Å². The molecular formula is C14H13N5O3. The van der Waals surface area contributed by atoms with E-state index < -0.39 is 0 Å². The molecule has 112 valence electrons. The van der Waals surface area contributed by atoms with Gasteiger partial charge in [-0.05, 0) is 12.1 Å². The van der Waals surface area contributed by atoms with E-state index in [0.29, 0.717) is 35.5 Å². The highest BCUT2D eigenvalue weighted by Crippen LogP contribution is 2.28. The number of carbonyl (C=O) groups excluding carboxylic acids is 1. The highest BCUT2D eigenvalue weighted by atomic mass is 16.5. The van der Waals surface area contributed by atoms with Crippen LogP contribution in [0.5, 0.6) is 0 Å². The first-order valence-electron chi connectivity index (χ1n) is 6.85. The standard InChI is InChI=1S/C14H13N5O3/c20-9-18(11-7-16-19(8-11)10-5-15-6-10)14-4-13(22-17-14)12-2-1-3-21-12/h1-4,7-10,15H,5-6H2. The van der Waals surface area contributed by atoms with Gasteiger partial charge >= 0.3 is 0 Å². The Bertz CT molecular complexity index is 772. The maximum atomic E-state index is 11.4. The van der Waals surface area contributed by atoms with Crippen LogP contribution < -0.4 is 10.2 Å². The van der Waals surface area contributed by atoms with E-state index in [0.717, 1.165) is 13.1 Å². The topological polar surface area (TPSA) is 89.3 Å². The average molecular weight is 299 g/mol. The second-order valence-electron chi connectivity index (χ2n) is 4.99. The zero-order valence-electron chi connectivity index (χ0n) is 11.5. The van der Waals surface area contributed by atoms with Crippen molar-refractivity contribution in [3.8, 4) is 11.5 Å². The average Bonchev–Trinajstić information content (AvgIpc) is 3.18. The number of rotatable bonds is 5. The molecule has 3 aromatic rings. The first kappa shape index (κ1) is 12.8. The van der Waals surface area contributed by atoms with Gasteiger partial charge in [0.1, 0.15) is 0 Å². The number of anilines is 2. The van der Waals surface area contributed by atoms with Crippen LogP contribution in [0.1, 0.15) is 6.04 Å². The van der Waals surface area contributed by atoms with Gasteiger partial charge in [-0.25, -0.2) is 0 Å². The smallest absolute Gasteiger partial charge is 0.220 e. The summed E-state index contributed by atoms with van der Waals surface area (Å²) in [5.41, 5.74) is 0.640. The summed E-state index contributed by atoms with van der Waals surface area (Å²) in [5, 5.41) is 11.4. The lowest BCUT2D eigenvalue weighted by molar-refractivity contribution is -0.106. The minimum Gasteiger partial charge on any atom is -0.461 e. The summed E-state index contributed by atoms with van der Waals surface area (Å²) in [6.45, 7) is 1.77. The van der Waals surface area contributed by atoms with Crippen LogP contribution in [0.2, 0.25) is 0 Å². The SMILES string of the molecule is O=CN(c1cnn(C2CNC2)c1)c1cc(-c2ccco2)on1. The molecular weight excluding hydrogens is 286 g/mol. The van der Waals surface area contributed by atoms with Gasteiger partial charge in [0.15, 0.2) is 11.6 Å². The molecule has 4 rings (SSSR count). The van der Waals surface area contributed by atoms with Crippen molar-refractivity contribution in [3.63, 3.8) is 0 Å². The zero-order chi connectivity index (χ0) is 14.9. The summed E-state index contributed by atoms with van der Waals surface area (Å²) < 4.78 is 12.3. The van der Waals surface area contributed by atoms with Crippen molar-refractivity contribution < 1.29 is 13.7 Å². The molecule has 0 spiro atoms. The normalized spacial score (nSPS) is 14.7. The van der Waals surface area contributed by atoms with E-state index in [-0.39, 0.29) is 0 Å². The monoisotopic (exact) mass is 299 g/mol. The molecule has 1 saturated heterocycles. The fourth-order valence-electron chi connectivity index (χ4n) is 2.27. The van der Waals surface area contributed by atoms with Crippen LogP contribution in [0.3, 0.4) is 0 Å². The summed E-state index contributed by atoms with van der Waals surface area (Å²) in [6, 6.07) is 5.50. The first-order chi connectivity index (χ1) is 10.8. The summed E-state index contributed by atoms with van der Waals surface area (Å²) in [4.78, 5) is 12.8. The van der Waals surface area contributed by atoms with Gasteiger partial charge in [-0.2, -0.15) is 5.10 Å². The Morgan fingerprint density at radius 1 is 1.41 bits per heavy atom. The predicted molar refractivity (Wildman–Crippen MR) is 76.5 cm³/mol. The van der Waals surface area contributed by atoms with Crippen LogP contribution in [0.15, 0.2) is 45.8 Å². The molecule has 1 aliphatic heterocycles. The van der Waals surface area contributed by atoms with Crippen molar-refractivity contribution in [2.45, 2.75) is 6.04 Å². The predicted octanol–water partition coefficient (Wildman–Crippen LogP) is 1.57. The molecule has 1 N–H and O–H groups in total. The number of hydrogen-bond donors (Lipinski definition) is 1. The van der Waals surface area contributed by atoms with E-state index in [2.05, 4.69) is 15.6 Å². The lowest BCUT2D eigenvalue weighted by Crippen LogP contribution is -2.43. The largest absolute Gasteiger partial charge is 0.461 e. The quantitative estimate of drug-likeness (QED) is 0.719. The molecule has 0 saturated carbocycles. The van der Waals surface area contributed by atoms with Crippen molar-refractivity contribution in [1.29, 1.82) is 0 Å². The van der Waals surface area contributed by atoms with Gasteiger partial charge in [0.2, 0.25) is 12.2 Å². The zero-order valence-corrected chi connectivity index (χ0v) is 11.5. The molecule has 1 fully saturated rings. The number of furan rings is 1. The molecule has 0 bridgehead atoms. The maximum Gasteiger partial charge on any atom is 0.220 e.